The summed E-state index contributed by atoms with van der Waals surface area (Å²) in [7, 11) is 3.95. The van der Waals surface area contributed by atoms with Gasteiger partial charge in [0.15, 0.2) is 0 Å². The fourth-order valence-corrected chi connectivity index (χ4v) is 3.30. The van der Waals surface area contributed by atoms with E-state index in [0.29, 0.717) is 19.7 Å². The van der Waals surface area contributed by atoms with Crippen LogP contribution < -0.4 is 4.90 Å². The van der Waals surface area contributed by atoms with Crippen molar-refractivity contribution < 1.29 is 9.53 Å². The van der Waals surface area contributed by atoms with Gasteiger partial charge in [0.25, 0.3) is 5.91 Å². The molecule has 3 rings (SSSR count). The third-order valence-electron chi connectivity index (χ3n) is 3.88. The van der Waals surface area contributed by atoms with Gasteiger partial charge in [-0.25, -0.2) is 0 Å². The minimum atomic E-state index is -0.0130. The number of rotatable bonds is 3. The fourth-order valence-electron chi connectivity index (χ4n) is 2.59. The highest BCUT2D eigenvalue weighted by Gasteiger charge is 2.26. The lowest BCUT2D eigenvalue weighted by Crippen LogP contribution is -2.42. The van der Waals surface area contributed by atoms with Gasteiger partial charge in [0.1, 0.15) is 6.10 Å². The van der Waals surface area contributed by atoms with Crippen molar-refractivity contribution in [1.29, 1.82) is 0 Å². The van der Waals surface area contributed by atoms with E-state index >= 15 is 0 Å². The zero-order valence-electron chi connectivity index (χ0n) is 12.9. The van der Waals surface area contributed by atoms with Gasteiger partial charge in [0.05, 0.1) is 13.2 Å². The first-order valence-electron chi connectivity index (χ1n) is 7.35. The molecule has 2 aromatic rings. The number of carbonyl (C=O) groups excluding carboxylic acids is 1. The molecule has 1 aliphatic heterocycles. The average molecular weight is 316 g/mol. The van der Waals surface area contributed by atoms with Crippen LogP contribution >= 0.6 is 11.3 Å². The smallest absolute Gasteiger partial charge is 0.254 e. The Hall–Kier alpha value is -1.85. The summed E-state index contributed by atoms with van der Waals surface area (Å²) in [4.78, 5) is 16.6. The largest absolute Gasteiger partial charge is 0.378 e. The SMILES string of the molecule is CN(C)c1cccc(C(=O)N2CCOC(c3ccsc3)C2)c1. The molecule has 0 spiro atoms. The highest BCUT2D eigenvalue weighted by molar-refractivity contribution is 7.07. The van der Waals surface area contributed by atoms with Crippen LogP contribution in [0.1, 0.15) is 22.0 Å². The summed E-state index contributed by atoms with van der Waals surface area (Å²) in [6.07, 6.45) is -0.0130. The maximum Gasteiger partial charge on any atom is 0.254 e. The second kappa shape index (κ2) is 6.50. The van der Waals surface area contributed by atoms with Gasteiger partial charge < -0.3 is 14.5 Å². The van der Waals surface area contributed by atoms with E-state index in [9.17, 15) is 4.79 Å². The number of thiophene rings is 1. The van der Waals surface area contributed by atoms with Crippen molar-refractivity contribution >= 4 is 22.9 Å². The molecular weight excluding hydrogens is 296 g/mol. The van der Waals surface area contributed by atoms with Crippen LogP contribution in [0.4, 0.5) is 5.69 Å². The summed E-state index contributed by atoms with van der Waals surface area (Å²) in [6, 6.07) is 9.82. The molecule has 116 valence electrons. The summed E-state index contributed by atoms with van der Waals surface area (Å²) < 4.78 is 5.81. The van der Waals surface area contributed by atoms with Gasteiger partial charge >= 0.3 is 0 Å². The highest BCUT2D eigenvalue weighted by atomic mass is 32.1. The van der Waals surface area contributed by atoms with Gasteiger partial charge in [-0.2, -0.15) is 11.3 Å². The minimum Gasteiger partial charge on any atom is -0.378 e. The number of hydrogen-bond donors (Lipinski definition) is 0. The second-order valence-corrected chi connectivity index (χ2v) is 6.39. The van der Waals surface area contributed by atoms with Gasteiger partial charge in [0, 0.05) is 31.9 Å². The first-order valence-corrected chi connectivity index (χ1v) is 8.30. The van der Waals surface area contributed by atoms with E-state index in [0.717, 1.165) is 16.8 Å². The topological polar surface area (TPSA) is 32.8 Å². The maximum absolute atomic E-state index is 12.7. The third kappa shape index (κ3) is 3.15. The molecule has 0 N–H and O–H groups in total. The molecule has 0 bridgehead atoms. The Morgan fingerprint density at radius 2 is 2.23 bits per heavy atom. The Morgan fingerprint density at radius 1 is 1.36 bits per heavy atom. The molecule has 4 nitrogen and oxygen atoms in total. The Balaban J connectivity index is 1.75. The number of carbonyl (C=O) groups is 1. The van der Waals surface area contributed by atoms with Crippen molar-refractivity contribution in [3.05, 3.63) is 52.2 Å². The molecule has 0 saturated carbocycles. The Bertz CT molecular complexity index is 640. The van der Waals surface area contributed by atoms with Crippen LogP contribution in [0.5, 0.6) is 0 Å². The number of hydrogen-bond acceptors (Lipinski definition) is 4. The van der Waals surface area contributed by atoms with Crippen molar-refractivity contribution in [2.45, 2.75) is 6.10 Å². The zero-order chi connectivity index (χ0) is 15.5. The van der Waals surface area contributed by atoms with E-state index in [-0.39, 0.29) is 12.0 Å². The first kappa shape index (κ1) is 15.1. The monoisotopic (exact) mass is 316 g/mol. The predicted molar refractivity (Wildman–Crippen MR) is 89.7 cm³/mol. The van der Waals surface area contributed by atoms with Crippen molar-refractivity contribution in [3.63, 3.8) is 0 Å². The van der Waals surface area contributed by atoms with Gasteiger partial charge in [-0.05, 0) is 40.6 Å². The number of amides is 1. The number of nitrogens with zero attached hydrogens (tertiary/aromatic N) is 2. The van der Waals surface area contributed by atoms with Crippen LogP contribution in [0, 0.1) is 0 Å². The lowest BCUT2D eigenvalue weighted by Gasteiger charge is -2.33. The summed E-state index contributed by atoms with van der Waals surface area (Å²) in [5.74, 6) is 0.0761. The standard InChI is InChI=1S/C17H20N2O2S/c1-18(2)15-5-3-4-13(10-15)17(20)19-7-8-21-16(11-19)14-6-9-22-12-14/h3-6,9-10,12,16H,7-8,11H2,1-2H3. The van der Waals surface area contributed by atoms with Crippen molar-refractivity contribution in [2.24, 2.45) is 0 Å². The second-order valence-electron chi connectivity index (χ2n) is 5.61. The van der Waals surface area contributed by atoms with E-state index in [2.05, 4.69) is 11.4 Å². The molecule has 1 aromatic heterocycles. The van der Waals surface area contributed by atoms with Crippen LogP contribution in [0.25, 0.3) is 0 Å². The third-order valence-corrected chi connectivity index (χ3v) is 4.58. The minimum absolute atomic E-state index is 0.0130. The van der Waals surface area contributed by atoms with E-state index in [1.807, 2.05) is 53.5 Å². The summed E-state index contributed by atoms with van der Waals surface area (Å²) in [6.45, 7) is 1.84. The predicted octanol–water partition coefficient (Wildman–Crippen LogP) is 3.03. The number of anilines is 1. The molecule has 1 amide bonds. The molecule has 1 fully saturated rings. The number of morpholine rings is 1. The van der Waals surface area contributed by atoms with Gasteiger partial charge in [-0.1, -0.05) is 6.07 Å². The number of ether oxygens (including phenoxy) is 1. The van der Waals surface area contributed by atoms with Crippen molar-refractivity contribution in [1.82, 2.24) is 4.90 Å². The summed E-state index contributed by atoms with van der Waals surface area (Å²) in [5.41, 5.74) is 2.93. The van der Waals surface area contributed by atoms with Crippen LogP contribution in [-0.4, -0.2) is 44.6 Å². The average Bonchev–Trinajstić information content (AvgIpc) is 3.09. The molecule has 5 heteroatoms. The molecule has 1 atom stereocenters. The van der Waals surface area contributed by atoms with Crippen molar-refractivity contribution in [2.75, 3.05) is 38.7 Å². The molecule has 1 aliphatic rings. The fraction of sp³-hybridized carbons (Fsp3) is 0.353. The molecule has 1 aromatic carbocycles. The van der Waals surface area contributed by atoms with Gasteiger partial charge in [0.2, 0.25) is 0 Å². The zero-order valence-corrected chi connectivity index (χ0v) is 13.7. The lowest BCUT2D eigenvalue weighted by molar-refractivity contribution is -0.0226. The van der Waals surface area contributed by atoms with Crippen molar-refractivity contribution in [3.8, 4) is 0 Å². The molecule has 22 heavy (non-hydrogen) atoms. The van der Waals surface area contributed by atoms with E-state index in [1.54, 1.807) is 11.3 Å². The normalized spacial score (nSPS) is 18.3. The van der Waals surface area contributed by atoms with Gasteiger partial charge in [-0.3, -0.25) is 4.79 Å². The lowest BCUT2D eigenvalue weighted by atomic mass is 10.1. The first-order chi connectivity index (χ1) is 10.6. The van der Waals surface area contributed by atoms with Gasteiger partial charge in [-0.15, -0.1) is 0 Å². The molecule has 2 heterocycles. The highest BCUT2D eigenvalue weighted by Crippen LogP contribution is 2.25. The van der Waals surface area contributed by atoms with Crippen LogP contribution in [-0.2, 0) is 4.74 Å². The molecule has 1 unspecified atom stereocenters. The molecular formula is C17H20N2O2S. The Morgan fingerprint density at radius 3 is 2.95 bits per heavy atom. The molecule has 0 aliphatic carbocycles. The van der Waals surface area contributed by atoms with E-state index in [1.165, 1.54) is 0 Å². The van der Waals surface area contributed by atoms with E-state index in [4.69, 9.17) is 4.74 Å². The van der Waals surface area contributed by atoms with Crippen LogP contribution in [0.2, 0.25) is 0 Å². The summed E-state index contributed by atoms with van der Waals surface area (Å²) >= 11 is 1.66. The quantitative estimate of drug-likeness (QED) is 0.872. The molecule has 1 saturated heterocycles. The molecule has 0 radical (unpaired) electrons. The summed E-state index contributed by atoms with van der Waals surface area (Å²) in [5, 5.41) is 4.13. The van der Waals surface area contributed by atoms with Crippen LogP contribution in [0.3, 0.4) is 0 Å². The Kier molecular flexibility index (Phi) is 4.45. The van der Waals surface area contributed by atoms with Crippen LogP contribution in [0.15, 0.2) is 41.1 Å². The maximum atomic E-state index is 12.7. The van der Waals surface area contributed by atoms with E-state index < -0.39 is 0 Å². The Labute approximate surface area is 134 Å². The number of benzene rings is 1.